The molecule has 0 unspecified atom stereocenters. The van der Waals surface area contributed by atoms with Crippen LogP contribution in [0.3, 0.4) is 0 Å². The van der Waals surface area contributed by atoms with Crippen LogP contribution in [0.5, 0.6) is 0 Å². The summed E-state index contributed by atoms with van der Waals surface area (Å²) in [5.41, 5.74) is 1.97. The number of nitrogens with one attached hydrogen (secondary N) is 3. The smallest absolute Gasteiger partial charge is 0.243 e. The second-order valence-electron chi connectivity index (χ2n) is 8.01. The van der Waals surface area contributed by atoms with Crippen LogP contribution in [0.15, 0.2) is 53.4 Å². The predicted octanol–water partition coefficient (Wildman–Crippen LogP) is 2.35. The molecule has 2 saturated heterocycles. The molecule has 3 N–H and O–H groups in total. The third-order valence-corrected chi connectivity index (χ3v) is 7.53. The van der Waals surface area contributed by atoms with Gasteiger partial charge in [0, 0.05) is 31.9 Å². The normalized spacial score (nSPS) is 19.2. The average Bonchev–Trinajstić information content (AvgIpc) is 3.36. The van der Waals surface area contributed by atoms with Gasteiger partial charge in [-0.3, -0.25) is 4.79 Å². The summed E-state index contributed by atoms with van der Waals surface area (Å²) in [7, 11) is -3.66. The zero-order chi connectivity index (χ0) is 23.1. The number of hydrogen-bond donors (Lipinski definition) is 3. The highest BCUT2D eigenvalue weighted by molar-refractivity contribution is 7.89. The molecule has 0 bridgehead atoms. The molecule has 0 aliphatic carbocycles. The van der Waals surface area contributed by atoms with Crippen LogP contribution in [0.1, 0.15) is 12.8 Å². The number of morpholine rings is 1. The van der Waals surface area contributed by atoms with Gasteiger partial charge in [-0.2, -0.15) is 4.31 Å². The van der Waals surface area contributed by atoms with Crippen LogP contribution in [0.2, 0.25) is 0 Å². The van der Waals surface area contributed by atoms with Crippen molar-refractivity contribution in [1.29, 1.82) is 0 Å². The van der Waals surface area contributed by atoms with Gasteiger partial charge in [-0.15, -0.1) is 0 Å². The molecule has 2 aromatic rings. The zero-order valence-corrected chi connectivity index (χ0v) is 19.3. The summed E-state index contributed by atoms with van der Waals surface area (Å²) in [6, 6.07) is 14.1. The van der Waals surface area contributed by atoms with Gasteiger partial charge in [0.2, 0.25) is 15.9 Å². The lowest BCUT2D eigenvalue weighted by atomic mass is 10.2. The molecule has 2 heterocycles. The highest BCUT2D eigenvalue weighted by Gasteiger charge is 2.27. The molecule has 1 atom stereocenters. The van der Waals surface area contributed by atoms with Gasteiger partial charge in [0.1, 0.15) is 0 Å². The first-order chi connectivity index (χ1) is 16.0. The van der Waals surface area contributed by atoms with Crippen LogP contribution < -0.4 is 16.0 Å². The van der Waals surface area contributed by atoms with Crippen molar-refractivity contribution < 1.29 is 22.7 Å². The van der Waals surface area contributed by atoms with E-state index in [0.29, 0.717) is 44.2 Å². The number of benzene rings is 2. The average molecular weight is 475 g/mol. The van der Waals surface area contributed by atoms with E-state index in [9.17, 15) is 13.2 Å². The van der Waals surface area contributed by atoms with Gasteiger partial charge in [0.15, 0.2) is 0 Å². The van der Waals surface area contributed by atoms with Gasteiger partial charge < -0.3 is 25.4 Å². The molecule has 2 aliphatic heterocycles. The van der Waals surface area contributed by atoms with Crippen LogP contribution in [-0.2, 0) is 24.3 Å². The molecule has 178 valence electrons. The van der Waals surface area contributed by atoms with Crippen LogP contribution >= 0.6 is 0 Å². The van der Waals surface area contributed by atoms with Crippen LogP contribution in [0, 0.1) is 0 Å². The standard InChI is InChI=1S/C23H30N4O5S/c28-23(26-18-5-2-1-3-6-18)17-25-22-15-20(33(29,30)27-10-13-31-14-11-27)8-9-21(22)24-16-19-7-4-12-32-19/h1-3,5-6,8-9,15,19,24-25H,4,7,10-14,16-17H2,(H,26,28)/t19-/m0/s1. The maximum atomic E-state index is 13.1. The molecular formula is C23H30N4O5S. The number of nitrogens with zero attached hydrogens (tertiary/aromatic N) is 1. The number of hydrogen-bond acceptors (Lipinski definition) is 7. The van der Waals surface area contributed by atoms with Gasteiger partial charge in [0.25, 0.3) is 0 Å². The van der Waals surface area contributed by atoms with E-state index < -0.39 is 10.0 Å². The predicted molar refractivity (Wildman–Crippen MR) is 127 cm³/mol. The van der Waals surface area contributed by atoms with Crippen molar-refractivity contribution in [3.63, 3.8) is 0 Å². The van der Waals surface area contributed by atoms with Gasteiger partial charge in [-0.1, -0.05) is 18.2 Å². The lowest BCUT2D eigenvalue weighted by molar-refractivity contribution is -0.114. The van der Waals surface area contributed by atoms with E-state index in [4.69, 9.17) is 9.47 Å². The minimum Gasteiger partial charge on any atom is -0.381 e. The molecule has 4 rings (SSSR count). The molecule has 10 heteroatoms. The number of carbonyl (C=O) groups is 1. The Morgan fingerprint density at radius 3 is 2.52 bits per heavy atom. The Labute approximate surface area is 194 Å². The van der Waals surface area contributed by atoms with Gasteiger partial charge in [0.05, 0.1) is 42.1 Å². The first-order valence-electron chi connectivity index (χ1n) is 11.2. The number of rotatable bonds is 9. The molecule has 9 nitrogen and oxygen atoms in total. The SMILES string of the molecule is O=C(CNc1cc(S(=O)(=O)N2CCOCC2)ccc1NC[C@@H]1CCCO1)Nc1ccccc1. The molecule has 0 spiro atoms. The fraction of sp³-hybridized carbons (Fsp3) is 0.435. The zero-order valence-electron chi connectivity index (χ0n) is 18.5. The third-order valence-electron chi connectivity index (χ3n) is 5.64. The monoisotopic (exact) mass is 474 g/mol. The molecule has 0 aromatic heterocycles. The fourth-order valence-electron chi connectivity index (χ4n) is 3.85. The lowest BCUT2D eigenvalue weighted by Crippen LogP contribution is -2.40. The van der Waals surface area contributed by atoms with Crippen LogP contribution in [0.4, 0.5) is 17.1 Å². The van der Waals surface area contributed by atoms with E-state index in [0.717, 1.165) is 25.1 Å². The van der Waals surface area contributed by atoms with Crippen LogP contribution in [0.25, 0.3) is 0 Å². The molecule has 0 radical (unpaired) electrons. The van der Waals surface area contributed by atoms with E-state index in [2.05, 4.69) is 16.0 Å². The van der Waals surface area contributed by atoms with Crippen molar-refractivity contribution in [1.82, 2.24) is 4.31 Å². The summed E-state index contributed by atoms with van der Waals surface area (Å²) in [4.78, 5) is 12.6. The van der Waals surface area contributed by atoms with Crippen molar-refractivity contribution in [2.45, 2.75) is 23.8 Å². The maximum Gasteiger partial charge on any atom is 0.243 e. The molecule has 0 saturated carbocycles. The van der Waals surface area contributed by atoms with Crippen molar-refractivity contribution in [2.75, 3.05) is 62.0 Å². The summed E-state index contributed by atoms with van der Waals surface area (Å²) in [5, 5.41) is 9.26. The Bertz CT molecular complexity index is 1040. The highest BCUT2D eigenvalue weighted by atomic mass is 32.2. The van der Waals surface area contributed by atoms with Crippen LogP contribution in [-0.4, -0.2) is 70.7 Å². The molecule has 33 heavy (non-hydrogen) atoms. The number of para-hydroxylation sites is 1. The van der Waals surface area contributed by atoms with E-state index in [1.807, 2.05) is 30.3 Å². The van der Waals surface area contributed by atoms with Crippen molar-refractivity contribution in [2.24, 2.45) is 0 Å². The summed E-state index contributed by atoms with van der Waals surface area (Å²) in [6.45, 7) is 2.77. The summed E-state index contributed by atoms with van der Waals surface area (Å²) in [6.07, 6.45) is 2.14. The summed E-state index contributed by atoms with van der Waals surface area (Å²) < 4.78 is 38.6. The van der Waals surface area contributed by atoms with Gasteiger partial charge in [-0.25, -0.2) is 8.42 Å². The third kappa shape index (κ3) is 6.23. The first kappa shape index (κ1) is 23.5. The first-order valence-corrected chi connectivity index (χ1v) is 12.6. The Morgan fingerprint density at radius 1 is 1.00 bits per heavy atom. The summed E-state index contributed by atoms with van der Waals surface area (Å²) in [5.74, 6) is -0.229. The Hall–Kier alpha value is -2.66. The Balaban J connectivity index is 1.49. The summed E-state index contributed by atoms with van der Waals surface area (Å²) >= 11 is 0. The number of amides is 1. The van der Waals surface area contributed by atoms with E-state index in [1.54, 1.807) is 18.2 Å². The lowest BCUT2D eigenvalue weighted by Gasteiger charge is -2.26. The molecule has 2 aliphatic rings. The van der Waals surface area contributed by atoms with E-state index in [1.165, 1.54) is 4.31 Å². The van der Waals surface area contributed by atoms with Gasteiger partial charge in [-0.05, 0) is 43.2 Å². The molecule has 2 fully saturated rings. The van der Waals surface area contributed by atoms with E-state index in [-0.39, 0.29) is 23.5 Å². The second kappa shape index (κ2) is 11.0. The van der Waals surface area contributed by atoms with Crippen molar-refractivity contribution >= 4 is 33.0 Å². The minimum atomic E-state index is -3.66. The minimum absolute atomic E-state index is 0.00937. The fourth-order valence-corrected chi connectivity index (χ4v) is 5.29. The van der Waals surface area contributed by atoms with Gasteiger partial charge >= 0.3 is 0 Å². The van der Waals surface area contributed by atoms with E-state index >= 15 is 0 Å². The Kier molecular flexibility index (Phi) is 7.81. The topological polar surface area (TPSA) is 109 Å². The number of carbonyl (C=O) groups excluding carboxylic acids is 1. The van der Waals surface area contributed by atoms with Crippen molar-refractivity contribution in [3.8, 4) is 0 Å². The Morgan fingerprint density at radius 2 is 1.79 bits per heavy atom. The molecular weight excluding hydrogens is 444 g/mol. The molecule has 2 aromatic carbocycles. The van der Waals surface area contributed by atoms with Crippen molar-refractivity contribution in [3.05, 3.63) is 48.5 Å². The maximum absolute atomic E-state index is 13.1. The second-order valence-corrected chi connectivity index (χ2v) is 9.95. The number of anilines is 3. The number of sulfonamides is 1. The largest absolute Gasteiger partial charge is 0.381 e. The number of ether oxygens (including phenoxy) is 2. The molecule has 1 amide bonds. The quantitative estimate of drug-likeness (QED) is 0.512. The highest BCUT2D eigenvalue weighted by Crippen LogP contribution is 2.28.